The number of hydrogen-bond donors (Lipinski definition) is 0. The van der Waals surface area contributed by atoms with Gasteiger partial charge in [0, 0.05) is 37.7 Å². The molecule has 1 saturated heterocycles. The Morgan fingerprint density at radius 3 is 1.81 bits per heavy atom. The summed E-state index contributed by atoms with van der Waals surface area (Å²) in [5, 5.41) is 0.321. The lowest BCUT2D eigenvalue weighted by Gasteiger charge is -2.49. The van der Waals surface area contributed by atoms with Gasteiger partial charge in [-0.3, -0.25) is 14.7 Å². The maximum absolute atomic E-state index is 12.2. The molecule has 5 rings (SSSR count). The van der Waals surface area contributed by atoms with Gasteiger partial charge in [0.05, 0.1) is 5.54 Å². The van der Waals surface area contributed by atoms with Crippen molar-refractivity contribution >= 4 is 23.0 Å². The summed E-state index contributed by atoms with van der Waals surface area (Å²) in [6, 6.07) is 36.5. The molecule has 2 heterocycles. The molecule has 36 heavy (non-hydrogen) atoms. The Kier molecular flexibility index (Phi) is 7.45. The van der Waals surface area contributed by atoms with Gasteiger partial charge in [0.2, 0.25) is 0 Å². The lowest BCUT2D eigenvalue weighted by molar-refractivity contribution is -0.109. The van der Waals surface area contributed by atoms with Gasteiger partial charge in [-0.05, 0) is 46.4 Å². The Morgan fingerprint density at radius 1 is 0.833 bits per heavy atom. The molecule has 0 saturated carbocycles. The zero-order valence-electron chi connectivity index (χ0n) is 20.5. The summed E-state index contributed by atoms with van der Waals surface area (Å²) in [5.41, 5.74) is 5.63. The van der Waals surface area contributed by atoms with Crippen molar-refractivity contribution in [3.63, 3.8) is 0 Å². The van der Waals surface area contributed by atoms with Crippen LogP contribution in [-0.4, -0.2) is 33.3 Å². The standard InChI is InChI=1S/C32H30N2OS/c1-25(35)36-31-19-22-34(24-27(31)23-26-17-20-33-21-18-26)32(28-11-5-2-6-12-28,29-13-7-3-8-14-29)30-15-9-4-10-16-30/h2-18,20-21,23,31H,19,22,24H2,1H3/b27-23+. The molecule has 4 heteroatoms. The Balaban J connectivity index is 1.69. The fourth-order valence-electron chi connectivity index (χ4n) is 5.38. The number of hydrogen-bond acceptors (Lipinski definition) is 4. The molecule has 0 spiro atoms. The van der Waals surface area contributed by atoms with Gasteiger partial charge in [-0.1, -0.05) is 109 Å². The largest absolute Gasteiger partial charge is 0.288 e. The summed E-state index contributed by atoms with van der Waals surface area (Å²) >= 11 is 1.45. The molecule has 1 aliphatic heterocycles. The predicted octanol–water partition coefficient (Wildman–Crippen LogP) is 6.81. The van der Waals surface area contributed by atoms with E-state index in [9.17, 15) is 4.79 Å². The molecule has 3 nitrogen and oxygen atoms in total. The van der Waals surface area contributed by atoms with Crippen LogP contribution in [0.5, 0.6) is 0 Å². The fraction of sp³-hybridized carbons (Fsp3) is 0.188. The minimum Gasteiger partial charge on any atom is -0.288 e. The van der Waals surface area contributed by atoms with Gasteiger partial charge in [-0.15, -0.1) is 0 Å². The maximum atomic E-state index is 12.2. The number of carbonyl (C=O) groups excluding carboxylic acids is 1. The summed E-state index contributed by atoms with van der Waals surface area (Å²) in [6.07, 6.45) is 6.79. The molecule has 1 aromatic heterocycles. The quantitative estimate of drug-likeness (QED) is 0.278. The number of carbonyl (C=O) groups is 1. The molecule has 1 atom stereocenters. The summed E-state index contributed by atoms with van der Waals surface area (Å²) in [7, 11) is 0. The van der Waals surface area contributed by atoms with E-state index >= 15 is 0 Å². The molecule has 0 N–H and O–H groups in total. The molecular weight excluding hydrogens is 460 g/mol. The van der Waals surface area contributed by atoms with Crippen LogP contribution < -0.4 is 0 Å². The number of benzene rings is 3. The number of piperidine rings is 1. The van der Waals surface area contributed by atoms with Crippen LogP contribution in [-0.2, 0) is 10.3 Å². The highest BCUT2D eigenvalue weighted by Gasteiger charge is 2.44. The van der Waals surface area contributed by atoms with Crippen LogP contribution in [0.2, 0.25) is 0 Å². The van der Waals surface area contributed by atoms with Crippen molar-refractivity contribution in [3.8, 4) is 0 Å². The second-order valence-electron chi connectivity index (χ2n) is 9.12. The van der Waals surface area contributed by atoms with Crippen LogP contribution in [0.4, 0.5) is 0 Å². The number of thioether (sulfide) groups is 1. The van der Waals surface area contributed by atoms with Crippen LogP contribution in [0, 0.1) is 0 Å². The smallest absolute Gasteiger partial charge is 0.186 e. The molecule has 180 valence electrons. The van der Waals surface area contributed by atoms with E-state index in [1.165, 1.54) is 34.0 Å². The third-order valence-electron chi connectivity index (χ3n) is 6.86. The molecule has 0 amide bonds. The van der Waals surface area contributed by atoms with E-state index in [1.54, 1.807) is 6.92 Å². The number of aromatic nitrogens is 1. The van der Waals surface area contributed by atoms with Crippen molar-refractivity contribution in [1.29, 1.82) is 0 Å². The Hall–Kier alpha value is -3.47. The van der Waals surface area contributed by atoms with Gasteiger partial charge in [0.15, 0.2) is 5.12 Å². The van der Waals surface area contributed by atoms with Crippen molar-refractivity contribution in [1.82, 2.24) is 9.88 Å². The molecule has 4 aromatic rings. The van der Waals surface area contributed by atoms with E-state index in [0.29, 0.717) is 0 Å². The average molecular weight is 491 g/mol. The van der Waals surface area contributed by atoms with Gasteiger partial charge >= 0.3 is 0 Å². The van der Waals surface area contributed by atoms with Crippen LogP contribution in [0.15, 0.2) is 121 Å². The summed E-state index contributed by atoms with van der Waals surface area (Å²) in [6.45, 7) is 3.30. The number of rotatable bonds is 6. The highest BCUT2D eigenvalue weighted by atomic mass is 32.2. The zero-order chi connectivity index (χ0) is 24.8. The Labute approximate surface area is 217 Å². The predicted molar refractivity (Wildman–Crippen MR) is 150 cm³/mol. The van der Waals surface area contributed by atoms with Crippen LogP contribution in [0.3, 0.4) is 0 Å². The molecule has 0 bridgehead atoms. The molecule has 0 radical (unpaired) electrons. The molecule has 1 unspecified atom stereocenters. The van der Waals surface area contributed by atoms with E-state index in [0.717, 1.165) is 25.1 Å². The summed E-state index contributed by atoms with van der Waals surface area (Å²) in [5.74, 6) is 0. The minimum atomic E-state index is -0.465. The molecular formula is C32H30N2OS. The van der Waals surface area contributed by atoms with Crippen molar-refractivity contribution in [3.05, 3.63) is 143 Å². The van der Waals surface area contributed by atoms with E-state index in [4.69, 9.17) is 0 Å². The highest BCUT2D eigenvalue weighted by Crippen LogP contribution is 2.45. The second-order valence-corrected chi connectivity index (χ2v) is 10.5. The first-order valence-electron chi connectivity index (χ1n) is 12.4. The van der Waals surface area contributed by atoms with E-state index in [1.807, 2.05) is 24.5 Å². The first-order chi connectivity index (χ1) is 17.7. The Morgan fingerprint density at radius 2 is 1.33 bits per heavy atom. The van der Waals surface area contributed by atoms with Crippen molar-refractivity contribution in [2.75, 3.05) is 13.1 Å². The molecule has 3 aromatic carbocycles. The summed E-state index contributed by atoms with van der Waals surface area (Å²) in [4.78, 5) is 18.9. The third-order valence-corrected chi connectivity index (χ3v) is 8.02. The monoisotopic (exact) mass is 490 g/mol. The van der Waals surface area contributed by atoms with Gasteiger partial charge in [-0.2, -0.15) is 0 Å². The summed E-state index contributed by atoms with van der Waals surface area (Å²) < 4.78 is 0. The second kappa shape index (κ2) is 11.1. The molecule has 0 aliphatic carbocycles. The van der Waals surface area contributed by atoms with E-state index in [2.05, 4.69) is 107 Å². The maximum Gasteiger partial charge on any atom is 0.186 e. The lowest BCUT2D eigenvalue weighted by atomic mass is 9.74. The van der Waals surface area contributed by atoms with Crippen LogP contribution >= 0.6 is 11.8 Å². The number of pyridine rings is 1. The topological polar surface area (TPSA) is 33.2 Å². The van der Waals surface area contributed by atoms with E-state index < -0.39 is 5.54 Å². The highest BCUT2D eigenvalue weighted by molar-refractivity contribution is 8.14. The first kappa shape index (κ1) is 24.2. The molecule has 1 aliphatic rings. The number of nitrogens with zero attached hydrogens (tertiary/aromatic N) is 2. The fourth-order valence-corrected chi connectivity index (χ4v) is 6.30. The molecule has 1 fully saturated rings. The minimum absolute atomic E-state index is 0.159. The Bertz CT molecular complexity index is 1210. The average Bonchev–Trinajstić information content (AvgIpc) is 2.93. The van der Waals surface area contributed by atoms with Crippen LogP contribution in [0.25, 0.3) is 6.08 Å². The normalized spacial score (nSPS) is 17.7. The van der Waals surface area contributed by atoms with Gasteiger partial charge in [0.1, 0.15) is 0 Å². The van der Waals surface area contributed by atoms with Gasteiger partial charge < -0.3 is 0 Å². The van der Waals surface area contributed by atoms with Crippen molar-refractivity contribution in [2.45, 2.75) is 24.1 Å². The van der Waals surface area contributed by atoms with Crippen molar-refractivity contribution in [2.24, 2.45) is 0 Å². The van der Waals surface area contributed by atoms with Gasteiger partial charge in [-0.25, -0.2) is 0 Å². The third kappa shape index (κ3) is 4.92. The zero-order valence-corrected chi connectivity index (χ0v) is 21.3. The van der Waals surface area contributed by atoms with Crippen LogP contribution in [0.1, 0.15) is 35.6 Å². The van der Waals surface area contributed by atoms with E-state index in [-0.39, 0.29) is 10.4 Å². The number of likely N-dealkylation sites (tertiary alicyclic amines) is 1. The SMILES string of the molecule is CC(=O)SC1CCN(C(c2ccccc2)(c2ccccc2)c2ccccc2)C/C1=C\c1ccncc1. The lowest BCUT2D eigenvalue weighted by Crippen LogP contribution is -2.52. The first-order valence-corrected chi connectivity index (χ1v) is 13.2. The van der Waals surface area contributed by atoms with Crippen molar-refractivity contribution < 1.29 is 4.79 Å². The van der Waals surface area contributed by atoms with Gasteiger partial charge in [0.25, 0.3) is 0 Å².